The number of alkyl halides is 1. The molecule has 0 aromatic heterocycles. The molecular formula is C21H30BrClN2O. The average Bonchev–Trinajstić information content (AvgIpc) is 2.63. The number of rotatable bonds is 5. The van der Waals surface area contributed by atoms with Crippen molar-refractivity contribution in [1.82, 2.24) is 0 Å². The summed E-state index contributed by atoms with van der Waals surface area (Å²) in [4.78, 5) is 4.49. The van der Waals surface area contributed by atoms with Gasteiger partial charge in [0.2, 0.25) is 0 Å². The lowest BCUT2D eigenvalue weighted by atomic mass is 9.62. The van der Waals surface area contributed by atoms with Crippen LogP contribution in [0.15, 0.2) is 17.1 Å². The Bertz CT molecular complexity index is 668. The van der Waals surface area contributed by atoms with Crippen LogP contribution >= 0.6 is 27.5 Å². The molecule has 1 aromatic carbocycles. The van der Waals surface area contributed by atoms with Gasteiger partial charge in [0, 0.05) is 12.3 Å². The van der Waals surface area contributed by atoms with E-state index < -0.39 is 0 Å². The van der Waals surface area contributed by atoms with Crippen LogP contribution in [0.2, 0.25) is 5.02 Å². The zero-order chi connectivity index (χ0) is 18.9. The Morgan fingerprint density at radius 2 is 2.04 bits per heavy atom. The molecule has 2 aliphatic rings. The second-order valence-electron chi connectivity index (χ2n) is 8.09. The fourth-order valence-electron chi connectivity index (χ4n) is 4.63. The Labute approximate surface area is 170 Å². The molecule has 1 aliphatic carbocycles. The molecule has 2 unspecified atom stereocenters. The highest BCUT2D eigenvalue weighted by atomic mass is 79.9. The van der Waals surface area contributed by atoms with Crippen LogP contribution in [0.3, 0.4) is 0 Å². The molecular weight excluding hydrogens is 412 g/mol. The normalized spacial score (nSPS) is 29.5. The summed E-state index contributed by atoms with van der Waals surface area (Å²) in [5, 5.41) is 0.687. The van der Waals surface area contributed by atoms with Crippen molar-refractivity contribution in [2.24, 2.45) is 22.1 Å². The van der Waals surface area contributed by atoms with E-state index in [1.807, 2.05) is 12.3 Å². The molecule has 2 atom stereocenters. The molecule has 5 heteroatoms. The molecule has 144 valence electrons. The molecule has 1 aromatic rings. The predicted octanol–water partition coefficient (Wildman–Crippen LogP) is 6.06. The van der Waals surface area contributed by atoms with Crippen molar-refractivity contribution in [1.29, 1.82) is 0 Å². The van der Waals surface area contributed by atoms with E-state index in [9.17, 15) is 0 Å². The van der Waals surface area contributed by atoms with Crippen LogP contribution in [0.25, 0.3) is 0 Å². The highest BCUT2D eigenvalue weighted by Crippen LogP contribution is 2.47. The van der Waals surface area contributed by atoms with Crippen molar-refractivity contribution < 1.29 is 4.74 Å². The van der Waals surface area contributed by atoms with Crippen molar-refractivity contribution in [3.63, 3.8) is 0 Å². The van der Waals surface area contributed by atoms with Crippen LogP contribution in [0, 0.1) is 11.3 Å². The molecule has 1 saturated carbocycles. The van der Waals surface area contributed by atoms with Gasteiger partial charge in [-0.1, -0.05) is 48.3 Å². The molecule has 0 amide bonds. The second-order valence-corrected chi connectivity index (χ2v) is 9.49. The minimum atomic E-state index is 0.133. The van der Waals surface area contributed by atoms with Gasteiger partial charge in [0.25, 0.3) is 0 Å². The number of fused-ring (bicyclic) bond motifs is 1. The summed E-state index contributed by atoms with van der Waals surface area (Å²) in [6.45, 7) is 7.51. The largest absolute Gasteiger partial charge is 0.489 e. The molecule has 1 aliphatic heterocycles. The molecule has 26 heavy (non-hydrogen) atoms. The van der Waals surface area contributed by atoms with Crippen molar-refractivity contribution in [3.05, 3.63) is 28.3 Å². The van der Waals surface area contributed by atoms with E-state index in [1.165, 1.54) is 11.1 Å². The minimum absolute atomic E-state index is 0.133. The number of hydrogen-bond acceptors (Lipinski definition) is 3. The fraction of sp³-hybridized carbons (Fsp3) is 0.667. The summed E-state index contributed by atoms with van der Waals surface area (Å²) >= 11 is 10.2. The summed E-state index contributed by atoms with van der Waals surface area (Å²) in [6.07, 6.45) is 7.52. The lowest BCUT2D eigenvalue weighted by Crippen LogP contribution is -2.48. The molecule has 3 rings (SSSR count). The number of nitrogens with two attached hydrogens (primary N) is 1. The molecule has 1 heterocycles. The first-order valence-corrected chi connectivity index (χ1v) is 11.0. The Hall–Kier alpha value is -0.580. The van der Waals surface area contributed by atoms with E-state index in [1.54, 1.807) is 0 Å². The quantitative estimate of drug-likeness (QED) is 0.564. The smallest absolute Gasteiger partial charge is 0.138 e. The van der Waals surface area contributed by atoms with Crippen molar-refractivity contribution in [3.8, 4) is 5.75 Å². The summed E-state index contributed by atoms with van der Waals surface area (Å²) < 4.78 is 6.35. The highest BCUT2D eigenvalue weighted by molar-refractivity contribution is 9.09. The van der Waals surface area contributed by atoms with Gasteiger partial charge in [0.05, 0.1) is 22.5 Å². The Morgan fingerprint density at radius 1 is 1.35 bits per heavy atom. The molecule has 0 bridgehead atoms. The van der Waals surface area contributed by atoms with Crippen LogP contribution < -0.4 is 10.5 Å². The van der Waals surface area contributed by atoms with E-state index >= 15 is 0 Å². The number of hydrogen-bond donors (Lipinski definition) is 1. The minimum Gasteiger partial charge on any atom is -0.489 e. The summed E-state index contributed by atoms with van der Waals surface area (Å²) in [5.74, 6) is 1.39. The van der Waals surface area contributed by atoms with Crippen molar-refractivity contribution in [2.75, 3.05) is 0 Å². The summed E-state index contributed by atoms with van der Waals surface area (Å²) in [6, 6.07) is 4.36. The second kappa shape index (κ2) is 8.20. The van der Waals surface area contributed by atoms with Gasteiger partial charge in [-0.2, -0.15) is 0 Å². The van der Waals surface area contributed by atoms with Crippen LogP contribution in [0.4, 0.5) is 0 Å². The lowest BCUT2D eigenvalue weighted by Gasteiger charge is -2.47. The van der Waals surface area contributed by atoms with E-state index in [0.29, 0.717) is 17.5 Å². The maximum Gasteiger partial charge on any atom is 0.138 e. The average molecular weight is 442 g/mol. The van der Waals surface area contributed by atoms with E-state index in [4.69, 9.17) is 22.1 Å². The number of aliphatic imine (C=N–C) groups is 1. The van der Waals surface area contributed by atoms with Crippen LogP contribution in [-0.4, -0.2) is 18.4 Å². The number of ether oxygens (including phenoxy) is 1. The van der Waals surface area contributed by atoms with E-state index in [0.717, 1.165) is 37.9 Å². The van der Waals surface area contributed by atoms with E-state index in [2.05, 4.69) is 47.8 Å². The third-order valence-electron chi connectivity index (χ3n) is 6.47. The van der Waals surface area contributed by atoms with Crippen molar-refractivity contribution in [2.45, 2.75) is 76.4 Å². The van der Waals surface area contributed by atoms with Gasteiger partial charge in [-0.3, -0.25) is 4.99 Å². The number of benzene rings is 1. The maximum absolute atomic E-state index is 6.52. The van der Waals surface area contributed by atoms with Gasteiger partial charge < -0.3 is 10.5 Å². The van der Waals surface area contributed by atoms with Gasteiger partial charge in [0.1, 0.15) is 5.75 Å². The summed E-state index contributed by atoms with van der Waals surface area (Å²) in [7, 11) is 0. The zero-order valence-electron chi connectivity index (χ0n) is 16.0. The summed E-state index contributed by atoms with van der Waals surface area (Å²) in [5.41, 5.74) is 9.14. The Balaban J connectivity index is 1.71. The first-order chi connectivity index (χ1) is 12.4. The monoisotopic (exact) mass is 440 g/mol. The molecule has 0 saturated heterocycles. The lowest BCUT2D eigenvalue weighted by molar-refractivity contribution is 0.0256. The molecule has 3 nitrogen and oxygen atoms in total. The van der Waals surface area contributed by atoms with Gasteiger partial charge in [0.15, 0.2) is 0 Å². The fourth-order valence-corrected chi connectivity index (χ4v) is 5.45. The Kier molecular flexibility index (Phi) is 6.36. The van der Waals surface area contributed by atoms with Crippen molar-refractivity contribution >= 4 is 33.7 Å². The third kappa shape index (κ3) is 3.83. The molecule has 2 N–H and O–H groups in total. The van der Waals surface area contributed by atoms with Gasteiger partial charge in [-0.25, -0.2) is 0 Å². The van der Waals surface area contributed by atoms with E-state index in [-0.39, 0.29) is 22.4 Å². The van der Waals surface area contributed by atoms with Crippen LogP contribution in [0.1, 0.15) is 68.8 Å². The predicted molar refractivity (Wildman–Crippen MR) is 114 cm³/mol. The van der Waals surface area contributed by atoms with Crippen LogP contribution in [-0.2, 0) is 6.54 Å². The molecule has 0 spiro atoms. The van der Waals surface area contributed by atoms with Gasteiger partial charge in [-0.05, 0) is 66.7 Å². The number of halogens is 2. The van der Waals surface area contributed by atoms with Gasteiger partial charge >= 0.3 is 0 Å². The Morgan fingerprint density at radius 3 is 2.65 bits per heavy atom. The number of nitrogens with zero attached hydrogens (tertiary/aromatic N) is 1. The topological polar surface area (TPSA) is 47.6 Å². The first kappa shape index (κ1) is 20.2. The standard InChI is InChI=1S/C21H30BrClN2O/c1-4-20(24)21(13(2)3)7-5-15(6-8-21)26-19-10-16-14(9-18(19)23)11-25-12-17(16)22/h9-10,12-13,15,17,20H,4-8,11,24H2,1-3H3. The van der Waals surface area contributed by atoms with Gasteiger partial charge in [-0.15, -0.1) is 0 Å². The third-order valence-corrected chi connectivity index (χ3v) is 7.50. The zero-order valence-corrected chi connectivity index (χ0v) is 18.3. The molecule has 0 radical (unpaired) electrons. The maximum atomic E-state index is 6.52. The highest BCUT2D eigenvalue weighted by Gasteiger charge is 2.42. The SMILES string of the molecule is CCC(N)C1(C(C)C)CCC(Oc2cc3c(cc2Cl)CN=CC3Br)CC1. The van der Waals surface area contributed by atoms with Crippen LogP contribution in [0.5, 0.6) is 5.75 Å². The molecule has 1 fully saturated rings. The first-order valence-electron chi connectivity index (χ1n) is 9.76.